The van der Waals surface area contributed by atoms with Crippen molar-refractivity contribution in [1.82, 2.24) is 24.7 Å². The van der Waals surface area contributed by atoms with Gasteiger partial charge in [0, 0.05) is 38.4 Å². The molecule has 3 rings (SSSR count). The third-order valence-corrected chi connectivity index (χ3v) is 5.47. The Kier molecular flexibility index (Phi) is 4.67. The molecule has 1 aliphatic carbocycles. The molecule has 1 unspecified atom stereocenters. The number of aryl methyl sites for hydroxylation is 1. The zero-order valence-corrected chi connectivity index (χ0v) is 15.0. The fraction of sp³-hybridized carbons (Fsp3) is 0.733. The van der Waals surface area contributed by atoms with Crippen LogP contribution in [0.2, 0.25) is 0 Å². The molecule has 2 fully saturated rings. The normalized spacial score (nSPS) is 24.9. The first-order valence-corrected chi connectivity index (χ1v) is 10.1. The molecule has 2 heterocycles. The Hall–Kier alpha value is -1.45. The third-order valence-electron chi connectivity index (χ3n) is 4.75. The van der Waals surface area contributed by atoms with Gasteiger partial charge in [-0.3, -0.25) is 14.4 Å². The molecule has 8 nitrogen and oxygen atoms in total. The molecule has 1 saturated carbocycles. The fourth-order valence-electron chi connectivity index (χ4n) is 3.84. The Labute approximate surface area is 142 Å². The van der Waals surface area contributed by atoms with Crippen LogP contribution in [0.5, 0.6) is 0 Å². The summed E-state index contributed by atoms with van der Waals surface area (Å²) in [6, 6.07) is -0.767. The third kappa shape index (κ3) is 4.14. The number of nitrogens with one attached hydrogen (secondary N) is 2. The second-order valence-corrected chi connectivity index (χ2v) is 8.89. The predicted octanol–water partition coefficient (Wildman–Crippen LogP) is -0.417. The van der Waals surface area contributed by atoms with E-state index in [2.05, 4.69) is 20.0 Å². The van der Waals surface area contributed by atoms with Crippen LogP contribution in [0.3, 0.4) is 0 Å². The molecule has 1 atom stereocenters. The van der Waals surface area contributed by atoms with Crippen molar-refractivity contribution in [1.29, 1.82) is 0 Å². The van der Waals surface area contributed by atoms with Gasteiger partial charge in [0.15, 0.2) is 0 Å². The molecule has 1 amide bonds. The van der Waals surface area contributed by atoms with Gasteiger partial charge in [-0.2, -0.15) is 5.10 Å². The molecule has 1 aromatic heterocycles. The fourth-order valence-corrected chi connectivity index (χ4v) is 4.54. The molecule has 0 aromatic carbocycles. The maximum atomic E-state index is 12.6. The van der Waals surface area contributed by atoms with E-state index in [0.29, 0.717) is 13.1 Å². The summed E-state index contributed by atoms with van der Waals surface area (Å²) < 4.78 is 27.4. The molecule has 0 bridgehead atoms. The van der Waals surface area contributed by atoms with Gasteiger partial charge >= 0.3 is 0 Å². The zero-order valence-electron chi connectivity index (χ0n) is 14.2. The quantitative estimate of drug-likeness (QED) is 0.765. The number of hydrogen-bond donors (Lipinski definition) is 2. The van der Waals surface area contributed by atoms with Crippen molar-refractivity contribution >= 4 is 15.9 Å². The van der Waals surface area contributed by atoms with Gasteiger partial charge < -0.3 is 5.32 Å². The van der Waals surface area contributed by atoms with Gasteiger partial charge in [-0.1, -0.05) is 12.8 Å². The number of carbonyl (C=O) groups is 1. The Morgan fingerprint density at radius 3 is 2.71 bits per heavy atom. The lowest BCUT2D eigenvalue weighted by Gasteiger charge is -2.32. The highest BCUT2D eigenvalue weighted by Crippen LogP contribution is 2.32. The maximum absolute atomic E-state index is 12.6. The summed E-state index contributed by atoms with van der Waals surface area (Å²) in [4.78, 5) is 14.7. The minimum Gasteiger partial charge on any atom is -0.348 e. The SMILES string of the molecule is Cn1cc(CN2CC(NS(C)(=O)=O)C(=O)NC3(CCCC3)C2)cn1. The summed E-state index contributed by atoms with van der Waals surface area (Å²) in [6.07, 6.45) is 8.89. The molecule has 1 saturated heterocycles. The molecule has 1 aromatic rings. The van der Waals surface area contributed by atoms with Crippen LogP contribution in [0.4, 0.5) is 0 Å². The monoisotopic (exact) mass is 355 g/mol. The number of amides is 1. The number of nitrogens with zero attached hydrogens (tertiary/aromatic N) is 3. The number of carbonyl (C=O) groups excluding carboxylic acids is 1. The highest BCUT2D eigenvalue weighted by molar-refractivity contribution is 7.88. The summed E-state index contributed by atoms with van der Waals surface area (Å²) in [5.41, 5.74) is 0.811. The van der Waals surface area contributed by atoms with Gasteiger partial charge in [-0.05, 0) is 12.8 Å². The van der Waals surface area contributed by atoms with Crippen LogP contribution in [-0.4, -0.2) is 59.9 Å². The number of hydrogen-bond acceptors (Lipinski definition) is 5. The van der Waals surface area contributed by atoms with E-state index in [9.17, 15) is 13.2 Å². The Morgan fingerprint density at radius 1 is 1.42 bits per heavy atom. The molecule has 2 aliphatic rings. The highest BCUT2D eigenvalue weighted by Gasteiger charge is 2.42. The van der Waals surface area contributed by atoms with E-state index >= 15 is 0 Å². The minimum atomic E-state index is -3.45. The molecule has 134 valence electrons. The smallest absolute Gasteiger partial charge is 0.239 e. The molecular weight excluding hydrogens is 330 g/mol. The van der Waals surface area contributed by atoms with Crippen molar-refractivity contribution in [3.05, 3.63) is 18.0 Å². The second kappa shape index (κ2) is 6.45. The van der Waals surface area contributed by atoms with Gasteiger partial charge in [0.25, 0.3) is 0 Å². The van der Waals surface area contributed by atoms with Crippen molar-refractivity contribution in [2.45, 2.75) is 43.8 Å². The highest BCUT2D eigenvalue weighted by atomic mass is 32.2. The standard InChI is InChI=1S/C15H25N5O3S/c1-19-8-12(7-16-19)9-20-10-13(18-24(2,22)23)14(21)17-15(11-20)5-3-4-6-15/h7-8,13,18H,3-6,9-11H2,1-2H3,(H,17,21). The van der Waals surface area contributed by atoms with E-state index in [4.69, 9.17) is 0 Å². The average molecular weight is 355 g/mol. The summed E-state index contributed by atoms with van der Waals surface area (Å²) in [6.45, 7) is 1.73. The molecule has 2 N–H and O–H groups in total. The first kappa shape index (κ1) is 17.4. The predicted molar refractivity (Wildman–Crippen MR) is 89.6 cm³/mol. The van der Waals surface area contributed by atoms with Crippen molar-refractivity contribution in [2.75, 3.05) is 19.3 Å². The van der Waals surface area contributed by atoms with E-state index in [0.717, 1.165) is 44.0 Å². The molecule has 9 heteroatoms. The number of rotatable bonds is 4. The largest absolute Gasteiger partial charge is 0.348 e. The molecule has 1 spiro atoms. The maximum Gasteiger partial charge on any atom is 0.239 e. The first-order valence-electron chi connectivity index (χ1n) is 8.24. The lowest BCUT2D eigenvalue weighted by atomic mass is 9.97. The van der Waals surface area contributed by atoms with Crippen LogP contribution >= 0.6 is 0 Å². The van der Waals surface area contributed by atoms with Crippen LogP contribution in [0, 0.1) is 0 Å². The molecule has 1 aliphatic heterocycles. The van der Waals surface area contributed by atoms with Crippen molar-refractivity contribution in [2.24, 2.45) is 7.05 Å². The molecule has 24 heavy (non-hydrogen) atoms. The van der Waals surface area contributed by atoms with Crippen LogP contribution in [0.15, 0.2) is 12.4 Å². The van der Waals surface area contributed by atoms with Gasteiger partial charge in [-0.25, -0.2) is 13.1 Å². The summed E-state index contributed by atoms with van der Waals surface area (Å²) in [5.74, 6) is -0.226. The number of sulfonamides is 1. The van der Waals surface area contributed by atoms with E-state index < -0.39 is 16.1 Å². The van der Waals surface area contributed by atoms with E-state index in [-0.39, 0.29) is 11.4 Å². The van der Waals surface area contributed by atoms with E-state index in [1.807, 2.05) is 13.2 Å². The van der Waals surface area contributed by atoms with E-state index in [1.165, 1.54) is 0 Å². The minimum absolute atomic E-state index is 0.226. The van der Waals surface area contributed by atoms with Gasteiger partial charge in [0.2, 0.25) is 15.9 Å². The Morgan fingerprint density at radius 2 is 2.12 bits per heavy atom. The van der Waals surface area contributed by atoms with Gasteiger partial charge in [-0.15, -0.1) is 0 Å². The van der Waals surface area contributed by atoms with Crippen LogP contribution in [0.1, 0.15) is 31.2 Å². The first-order chi connectivity index (χ1) is 11.2. The van der Waals surface area contributed by atoms with Crippen LogP contribution in [-0.2, 0) is 28.4 Å². The van der Waals surface area contributed by atoms with Crippen LogP contribution < -0.4 is 10.0 Å². The average Bonchev–Trinajstić information content (AvgIpc) is 3.03. The number of aromatic nitrogens is 2. The van der Waals surface area contributed by atoms with Crippen molar-refractivity contribution < 1.29 is 13.2 Å². The summed E-state index contributed by atoms with van der Waals surface area (Å²) >= 11 is 0. The van der Waals surface area contributed by atoms with Crippen molar-refractivity contribution in [3.63, 3.8) is 0 Å². The van der Waals surface area contributed by atoms with Gasteiger partial charge in [0.05, 0.1) is 18.0 Å². The second-order valence-electron chi connectivity index (χ2n) is 7.11. The zero-order chi connectivity index (χ0) is 17.4. The Bertz CT molecular complexity index is 708. The Balaban J connectivity index is 1.82. The molecule has 0 radical (unpaired) electrons. The lowest BCUT2D eigenvalue weighted by molar-refractivity contribution is -0.123. The van der Waals surface area contributed by atoms with Gasteiger partial charge in [0.1, 0.15) is 6.04 Å². The topological polar surface area (TPSA) is 96.3 Å². The summed E-state index contributed by atoms with van der Waals surface area (Å²) in [7, 11) is -1.59. The van der Waals surface area contributed by atoms with E-state index in [1.54, 1.807) is 10.9 Å². The van der Waals surface area contributed by atoms with Crippen molar-refractivity contribution in [3.8, 4) is 0 Å². The van der Waals surface area contributed by atoms with Crippen LogP contribution in [0.25, 0.3) is 0 Å². The molecular formula is C15H25N5O3S. The summed E-state index contributed by atoms with van der Waals surface area (Å²) in [5, 5.41) is 7.30. The lowest BCUT2D eigenvalue weighted by Crippen LogP contribution is -2.54.